The summed E-state index contributed by atoms with van der Waals surface area (Å²) >= 11 is 0. The molecule has 0 unspecified atom stereocenters. The molecule has 5 nitrogen and oxygen atoms in total. The number of hydrogen-bond acceptors (Lipinski definition) is 4. The van der Waals surface area contributed by atoms with E-state index in [4.69, 9.17) is 19.5 Å². The molecule has 0 atom stereocenters. The highest BCUT2D eigenvalue weighted by molar-refractivity contribution is 6.06. The molecule has 182 valence electrons. The maximum atomic E-state index is 5.67. The molecule has 5 aromatic rings. The molecule has 0 aliphatic carbocycles. The summed E-state index contributed by atoms with van der Waals surface area (Å²) in [5, 5.41) is 1.94. The third-order valence-electron chi connectivity index (χ3n) is 6.55. The predicted octanol–water partition coefficient (Wildman–Crippen LogP) is 7.30. The number of aromatic nitrogens is 2. The van der Waals surface area contributed by atoms with Crippen LogP contribution in [0.15, 0.2) is 83.9 Å². The number of aliphatic imine (C=N–C) groups is 1. The normalized spacial score (nSPS) is 12.0. The minimum Gasteiger partial charge on any atom is -0.496 e. The van der Waals surface area contributed by atoms with E-state index in [1.807, 2.05) is 54.7 Å². The van der Waals surface area contributed by atoms with Gasteiger partial charge in [0, 0.05) is 22.6 Å². The summed E-state index contributed by atoms with van der Waals surface area (Å²) in [5.74, 6) is 2.24. The number of rotatable bonds is 6. The first-order valence-corrected chi connectivity index (χ1v) is 12.1. The van der Waals surface area contributed by atoms with Gasteiger partial charge in [-0.1, -0.05) is 69.3 Å². The van der Waals surface area contributed by atoms with E-state index in [0.29, 0.717) is 12.5 Å². The first-order chi connectivity index (χ1) is 17.4. The smallest absolute Gasteiger partial charge is 0.230 e. The van der Waals surface area contributed by atoms with Crippen molar-refractivity contribution in [2.75, 3.05) is 14.2 Å². The largest absolute Gasteiger partial charge is 0.496 e. The van der Waals surface area contributed by atoms with Crippen molar-refractivity contribution in [1.82, 2.24) is 9.55 Å². The molecule has 1 aromatic heterocycles. The van der Waals surface area contributed by atoms with Gasteiger partial charge in [0.05, 0.1) is 31.8 Å². The molecule has 0 amide bonds. The van der Waals surface area contributed by atoms with Crippen molar-refractivity contribution in [3.05, 3.63) is 95.6 Å². The summed E-state index contributed by atoms with van der Waals surface area (Å²) in [6.07, 6.45) is 1.87. The van der Waals surface area contributed by atoms with Gasteiger partial charge in [-0.15, -0.1) is 0 Å². The molecule has 1 heterocycles. The summed E-state index contributed by atoms with van der Waals surface area (Å²) < 4.78 is 13.4. The van der Waals surface area contributed by atoms with Gasteiger partial charge in [0.25, 0.3) is 0 Å². The first kappa shape index (κ1) is 23.6. The highest BCUT2D eigenvalue weighted by atomic mass is 16.5. The lowest BCUT2D eigenvalue weighted by molar-refractivity contribution is 0.415. The van der Waals surface area contributed by atoms with Crippen LogP contribution in [0.3, 0.4) is 0 Å². The van der Waals surface area contributed by atoms with Crippen LogP contribution in [-0.4, -0.2) is 30.0 Å². The maximum Gasteiger partial charge on any atom is 0.230 e. The van der Waals surface area contributed by atoms with Crippen LogP contribution in [0.25, 0.3) is 21.8 Å². The molecule has 36 heavy (non-hydrogen) atoms. The standard InChI is InChI=1S/C31H31N3O2/c1-31(2,3)23-16-13-21(14-17-23)20-34-26-11-7-6-10-25(26)33-30(34)32-19-22-15-18-27(35-4)24-9-8-12-28(36-5)29(22)24/h6-19H,20H2,1-5H3. The van der Waals surface area contributed by atoms with Crippen molar-refractivity contribution in [2.24, 2.45) is 4.99 Å². The van der Waals surface area contributed by atoms with Crippen LogP contribution in [0.1, 0.15) is 37.5 Å². The molecule has 0 fully saturated rings. The fourth-order valence-corrected chi connectivity index (χ4v) is 4.57. The molecular weight excluding hydrogens is 446 g/mol. The van der Waals surface area contributed by atoms with E-state index in [-0.39, 0.29) is 5.41 Å². The van der Waals surface area contributed by atoms with Gasteiger partial charge in [-0.05, 0) is 46.9 Å². The van der Waals surface area contributed by atoms with Crippen molar-refractivity contribution in [1.29, 1.82) is 0 Å². The number of ether oxygens (including phenoxy) is 2. The molecule has 5 rings (SSSR count). The van der Waals surface area contributed by atoms with Crippen LogP contribution in [0.2, 0.25) is 0 Å². The fourth-order valence-electron chi connectivity index (χ4n) is 4.57. The van der Waals surface area contributed by atoms with Crippen molar-refractivity contribution < 1.29 is 9.47 Å². The summed E-state index contributed by atoms with van der Waals surface area (Å²) in [4.78, 5) is 9.72. The van der Waals surface area contributed by atoms with Crippen LogP contribution in [0, 0.1) is 0 Å². The lowest BCUT2D eigenvalue weighted by Crippen LogP contribution is -2.11. The second-order valence-electron chi connectivity index (χ2n) is 9.93. The lowest BCUT2D eigenvalue weighted by Gasteiger charge is -2.19. The molecule has 0 saturated carbocycles. The number of methoxy groups -OCH3 is 2. The van der Waals surface area contributed by atoms with Gasteiger partial charge in [0.1, 0.15) is 11.5 Å². The highest BCUT2D eigenvalue weighted by Gasteiger charge is 2.15. The highest BCUT2D eigenvalue weighted by Crippen LogP contribution is 2.35. The van der Waals surface area contributed by atoms with E-state index < -0.39 is 0 Å². The monoisotopic (exact) mass is 477 g/mol. The summed E-state index contributed by atoms with van der Waals surface area (Å²) in [6.45, 7) is 7.38. The minimum atomic E-state index is 0.123. The number of hydrogen-bond donors (Lipinski definition) is 0. The molecule has 0 N–H and O–H groups in total. The summed E-state index contributed by atoms with van der Waals surface area (Å²) in [6, 6.07) is 26.9. The average molecular weight is 478 g/mol. The number of nitrogens with zero attached hydrogens (tertiary/aromatic N) is 3. The van der Waals surface area contributed by atoms with Crippen molar-refractivity contribution in [3.8, 4) is 11.5 Å². The number of imidazole rings is 1. The molecule has 0 aliphatic rings. The number of benzene rings is 4. The Morgan fingerprint density at radius 1 is 0.833 bits per heavy atom. The molecule has 0 spiro atoms. The third-order valence-corrected chi connectivity index (χ3v) is 6.55. The van der Waals surface area contributed by atoms with Gasteiger partial charge in [-0.2, -0.15) is 0 Å². The van der Waals surface area contributed by atoms with E-state index in [1.165, 1.54) is 11.1 Å². The second-order valence-corrected chi connectivity index (χ2v) is 9.93. The van der Waals surface area contributed by atoms with Crippen LogP contribution < -0.4 is 9.47 Å². The van der Waals surface area contributed by atoms with Crippen molar-refractivity contribution >= 4 is 34.0 Å². The molecule has 0 saturated heterocycles. The number of fused-ring (bicyclic) bond motifs is 2. The topological polar surface area (TPSA) is 48.6 Å². The fraction of sp³-hybridized carbons (Fsp3) is 0.226. The van der Waals surface area contributed by atoms with Gasteiger partial charge in [-0.3, -0.25) is 0 Å². The van der Waals surface area contributed by atoms with Crippen LogP contribution >= 0.6 is 0 Å². The van der Waals surface area contributed by atoms with E-state index >= 15 is 0 Å². The molecule has 0 aliphatic heterocycles. The first-order valence-electron chi connectivity index (χ1n) is 12.1. The van der Waals surface area contributed by atoms with E-state index in [1.54, 1.807) is 14.2 Å². The van der Waals surface area contributed by atoms with Crippen LogP contribution in [0.5, 0.6) is 11.5 Å². The number of para-hydroxylation sites is 2. The quantitative estimate of drug-likeness (QED) is 0.241. The second kappa shape index (κ2) is 9.50. The van der Waals surface area contributed by atoms with Crippen LogP contribution in [-0.2, 0) is 12.0 Å². The Labute approximate surface area is 212 Å². The Hall–Kier alpha value is -4.12. The minimum absolute atomic E-state index is 0.123. The molecular formula is C31H31N3O2. The zero-order valence-electron chi connectivity index (χ0n) is 21.4. The van der Waals surface area contributed by atoms with Crippen molar-refractivity contribution in [2.45, 2.75) is 32.7 Å². The van der Waals surface area contributed by atoms with E-state index in [2.05, 4.69) is 55.7 Å². The van der Waals surface area contributed by atoms with Gasteiger partial charge in [-0.25, -0.2) is 9.98 Å². The molecule has 5 heteroatoms. The Morgan fingerprint density at radius 3 is 2.31 bits per heavy atom. The zero-order valence-corrected chi connectivity index (χ0v) is 21.4. The lowest BCUT2D eigenvalue weighted by atomic mass is 9.87. The van der Waals surface area contributed by atoms with E-state index in [0.717, 1.165) is 38.9 Å². The van der Waals surface area contributed by atoms with Gasteiger partial charge in [0.2, 0.25) is 5.95 Å². The Morgan fingerprint density at radius 2 is 1.58 bits per heavy atom. The Balaban J connectivity index is 1.58. The SMILES string of the molecule is COc1ccc(C=Nc2nc3ccccc3n2Cc2ccc(C(C)(C)C)cc2)c2c(OC)cccc12. The maximum absolute atomic E-state index is 5.67. The van der Waals surface area contributed by atoms with Gasteiger partial charge in [0.15, 0.2) is 0 Å². The summed E-state index contributed by atoms with van der Waals surface area (Å²) in [5.41, 5.74) is 5.57. The zero-order chi connectivity index (χ0) is 25.3. The predicted molar refractivity (Wildman–Crippen MR) is 148 cm³/mol. The van der Waals surface area contributed by atoms with Gasteiger partial charge < -0.3 is 14.0 Å². The molecule has 0 bridgehead atoms. The molecule has 0 radical (unpaired) electrons. The third kappa shape index (κ3) is 4.44. The Bertz CT molecular complexity index is 1560. The molecule has 4 aromatic carbocycles. The van der Waals surface area contributed by atoms with E-state index in [9.17, 15) is 0 Å². The van der Waals surface area contributed by atoms with Crippen LogP contribution in [0.4, 0.5) is 5.95 Å². The van der Waals surface area contributed by atoms with Gasteiger partial charge >= 0.3 is 0 Å². The summed E-state index contributed by atoms with van der Waals surface area (Å²) in [7, 11) is 3.36. The average Bonchev–Trinajstić information content (AvgIpc) is 3.23. The Kier molecular flexibility index (Phi) is 6.23. The van der Waals surface area contributed by atoms with Crippen molar-refractivity contribution in [3.63, 3.8) is 0 Å².